The monoisotopic (exact) mass is 396 g/mol. The zero-order valence-electron chi connectivity index (χ0n) is 11.4. The van der Waals surface area contributed by atoms with Gasteiger partial charge in [0.25, 0.3) is 0 Å². The summed E-state index contributed by atoms with van der Waals surface area (Å²) >= 11 is 7.02. The molecule has 0 saturated carbocycles. The van der Waals surface area contributed by atoms with Crippen LogP contribution < -0.4 is 11.1 Å². The Morgan fingerprint density at radius 2 is 1.70 bits per heavy atom. The molecule has 0 aliphatic carbocycles. The number of para-hydroxylation sites is 1. The number of benzene rings is 2. The molecule has 0 aliphatic rings. The van der Waals surface area contributed by atoms with Crippen molar-refractivity contribution in [3.63, 3.8) is 0 Å². The number of anilines is 1. The third-order valence-corrected chi connectivity index (χ3v) is 4.49. The summed E-state index contributed by atoms with van der Waals surface area (Å²) in [5, 5.41) is 3.55. The van der Waals surface area contributed by atoms with E-state index in [1.807, 2.05) is 18.2 Å². The Morgan fingerprint density at radius 3 is 2.30 bits per heavy atom. The minimum Gasteiger partial charge on any atom is -0.377 e. The molecular weight excluding hydrogens is 380 g/mol. The van der Waals surface area contributed by atoms with Crippen molar-refractivity contribution in [2.45, 2.75) is 18.9 Å². The van der Waals surface area contributed by atoms with E-state index in [4.69, 9.17) is 5.73 Å². The highest BCUT2D eigenvalue weighted by atomic mass is 79.9. The fourth-order valence-corrected chi connectivity index (χ4v) is 2.76. The van der Waals surface area contributed by atoms with Crippen LogP contribution >= 0.6 is 31.9 Å². The number of rotatable bonds is 5. The summed E-state index contributed by atoms with van der Waals surface area (Å²) in [5.41, 5.74) is 8.14. The summed E-state index contributed by atoms with van der Waals surface area (Å²) in [7, 11) is 0. The van der Waals surface area contributed by atoms with E-state index < -0.39 is 0 Å². The van der Waals surface area contributed by atoms with E-state index in [1.54, 1.807) is 0 Å². The van der Waals surface area contributed by atoms with E-state index in [0.717, 1.165) is 21.1 Å². The van der Waals surface area contributed by atoms with E-state index in [9.17, 15) is 0 Å². The lowest BCUT2D eigenvalue weighted by Gasteiger charge is -2.31. The minimum atomic E-state index is -0.183. The minimum absolute atomic E-state index is 0.183. The van der Waals surface area contributed by atoms with Crippen LogP contribution in [0.3, 0.4) is 0 Å². The fraction of sp³-hybridized carbons (Fsp3) is 0.250. The van der Waals surface area contributed by atoms with Crippen molar-refractivity contribution in [1.82, 2.24) is 0 Å². The molecule has 0 spiro atoms. The maximum Gasteiger partial charge on any atom is 0.0508 e. The molecule has 4 heteroatoms. The predicted octanol–water partition coefficient (Wildman–Crippen LogP) is 4.58. The van der Waals surface area contributed by atoms with Crippen molar-refractivity contribution in [2.24, 2.45) is 5.73 Å². The molecule has 0 aromatic heterocycles. The van der Waals surface area contributed by atoms with Crippen LogP contribution in [-0.4, -0.2) is 12.1 Å². The van der Waals surface area contributed by atoms with Crippen LogP contribution in [0.15, 0.2) is 57.5 Å². The highest BCUT2D eigenvalue weighted by Gasteiger charge is 2.23. The molecule has 0 heterocycles. The predicted molar refractivity (Wildman–Crippen MR) is 93.1 cm³/mol. The SMILES string of the molecule is CC(CN)(Cc1ccc(Br)cc1)Nc1ccccc1Br. The van der Waals surface area contributed by atoms with E-state index in [2.05, 4.69) is 74.4 Å². The molecule has 0 bridgehead atoms. The number of nitrogens with two attached hydrogens (primary N) is 1. The highest BCUT2D eigenvalue weighted by Crippen LogP contribution is 2.26. The van der Waals surface area contributed by atoms with Gasteiger partial charge in [-0.15, -0.1) is 0 Å². The number of nitrogens with one attached hydrogen (secondary N) is 1. The third-order valence-electron chi connectivity index (χ3n) is 3.27. The molecule has 1 unspecified atom stereocenters. The van der Waals surface area contributed by atoms with Crippen LogP contribution in [0.5, 0.6) is 0 Å². The molecular formula is C16H18Br2N2. The van der Waals surface area contributed by atoms with Crippen molar-refractivity contribution in [2.75, 3.05) is 11.9 Å². The van der Waals surface area contributed by atoms with E-state index >= 15 is 0 Å². The number of hydrogen-bond acceptors (Lipinski definition) is 2. The second-order valence-electron chi connectivity index (χ2n) is 5.17. The quantitative estimate of drug-likeness (QED) is 0.774. The van der Waals surface area contributed by atoms with E-state index in [0.29, 0.717) is 6.54 Å². The zero-order chi connectivity index (χ0) is 14.6. The fourth-order valence-electron chi connectivity index (χ4n) is 2.11. The maximum atomic E-state index is 6.00. The number of hydrogen-bond donors (Lipinski definition) is 2. The molecule has 3 N–H and O–H groups in total. The molecule has 20 heavy (non-hydrogen) atoms. The van der Waals surface area contributed by atoms with Crippen molar-refractivity contribution in [3.8, 4) is 0 Å². The first-order chi connectivity index (χ1) is 9.52. The largest absolute Gasteiger partial charge is 0.377 e. The van der Waals surface area contributed by atoms with E-state index in [-0.39, 0.29) is 5.54 Å². The van der Waals surface area contributed by atoms with Crippen molar-refractivity contribution >= 4 is 37.5 Å². The van der Waals surface area contributed by atoms with Crippen molar-refractivity contribution in [1.29, 1.82) is 0 Å². The molecule has 0 fully saturated rings. The van der Waals surface area contributed by atoms with Crippen molar-refractivity contribution in [3.05, 3.63) is 63.0 Å². The maximum absolute atomic E-state index is 6.00. The number of halogens is 2. The molecule has 0 aliphatic heterocycles. The second kappa shape index (κ2) is 6.74. The lowest BCUT2D eigenvalue weighted by molar-refractivity contribution is 0.520. The molecule has 106 valence electrons. The zero-order valence-corrected chi connectivity index (χ0v) is 14.5. The first-order valence-corrected chi connectivity index (χ1v) is 8.08. The molecule has 2 aromatic rings. The molecule has 2 nitrogen and oxygen atoms in total. The van der Waals surface area contributed by atoms with Gasteiger partial charge in [-0.2, -0.15) is 0 Å². The van der Waals surface area contributed by atoms with Gasteiger partial charge >= 0.3 is 0 Å². The molecule has 2 aromatic carbocycles. The third kappa shape index (κ3) is 4.08. The van der Waals surface area contributed by atoms with Gasteiger partial charge in [0.05, 0.1) is 5.54 Å². The summed E-state index contributed by atoms with van der Waals surface area (Å²) in [6, 6.07) is 16.5. The second-order valence-corrected chi connectivity index (χ2v) is 6.94. The Bertz CT molecular complexity index is 569. The van der Waals surface area contributed by atoms with Crippen LogP contribution in [0.1, 0.15) is 12.5 Å². The first-order valence-electron chi connectivity index (χ1n) is 6.50. The van der Waals surface area contributed by atoms with Crippen LogP contribution in [0, 0.1) is 0 Å². The molecule has 1 atom stereocenters. The van der Waals surface area contributed by atoms with Crippen LogP contribution in [0.2, 0.25) is 0 Å². The Balaban J connectivity index is 2.17. The van der Waals surface area contributed by atoms with Gasteiger partial charge in [-0.3, -0.25) is 0 Å². The summed E-state index contributed by atoms with van der Waals surface area (Å²) in [6.07, 6.45) is 0.873. The van der Waals surface area contributed by atoms with Crippen LogP contribution in [0.25, 0.3) is 0 Å². The van der Waals surface area contributed by atoms with Crippen molar-refractivity contribution < 1.29 is 0 Å². The molecule has 0 saturated heterocycles. The van der Waals surface area contributed by atoms with Crippen LogP contribution in [0.4, 0.5) is 5.69 Å². The lowest BCUT2D eigenvalue weighted by atomic mass is 9.92. The normalized spacial score (nSPS) is 13.8. The standard InChI is InChI=1S/C16H18Br2N2/c1-16(11-19,10-12-6-8-13(17)9-7-12)20-15-5-3-2-4-14(15)18/h2-9,20H,10-11,19H2,1H3. The van der Waals surface area contributed by atoms with Gasteiger partial charge in [0, 0.05) is 21.2 Å². The Morgan fingerprint density at radius 1 is 1.05 bits per heavy atom. The Labute approximate surface area is 137 Å². The average Bonchev–Trinajstić information content (AvgIpc) is 2.44. The molecule has 0 amide bonds. The smallest absolute Gasteiger partial charge is 0.0508 e. The van der Waals surface area contributed by atoms with Gasteiger partial charge in [0.1, 0.15) is 0 Å². The molecule has 2 rings (SSSR count). The topological polar surface area (TPSA) is 38.0 Å². The highest BCUT2D eigenvalue weighted by molar-refractivity contribution is 9.10. The summed E-state index contributed by atoms with van der Waals surface area (Å²) in [5.74, 6) is 0. The van der Waals surface area contributed by atoms with Gasteiger partial charge in [0.2, 0.25) is 0 Å². The van der Waals surface area contributed by atoms with Gasteiger partial charge in [-0.05, 0) is 59.1 Å². The summed E-state index contributed by atoms with van der Waals surface area (Å²) in [4.78, 5) is 0. The molecule has 0 radical (unpaired) electrons. The average molecular weight is 398 g/mol. The Hall–Kier alpha value is -0.840. The van der Waals surface area contributed by atoms with Gasteiger partial charge < -0.3 is 11.1 Å². The van der Waals surface area contributed by atoms with Gasteiger partial charge in [-0.25, -0.2) is 0 Å². The lowest BCUT2D eigenvalue weighted by Crippen LogP contribution is -2.44. The van der Waals surface area contributed by atoms with Crippen LogP contribution in [-0.2, 0) is 6.42 Å². The van der Waals surface area contributed by atoms with Gasteiger partial charge in [-0.1, -0.05) is 40.2 Å². The Kier molecular flexibility index (Phi) is 5.24. The van der Waals surface area contributed by atoms with Gasteiger partial charge in [0.15, 0.2) is 0 Å². The summed E-state index contributed by atoms with van der Waals surface area (Å²) < 4.78 is 2.14. The first kappa shape index (κ1) is 15.5. The summed E-state index contributed by atoms with van der Waals surface area (Å²) in [6.45, 7) is 2.71. The van der Waals surface area contributed by atoms with E-state index in [1.165, 1.54) is 5.56 Å².